The van der Waals surface area contributed by atoms with Gasteiger partial charge in [0.15, 0.2) is 0 Å². The molecule has 1 amide bonds. The number of hydrogen-bond donors (Lipinski definition) is 1. The molecule has 0 aliphatic heterocycles. The van der Waals surface area contributed by atoms with Crippen molar-refractivity contribution in [1.82, 2.24) is 0 Å². The highest BCUT2D eigenvalue weighted by atomic mass is 16.5. The number of carbonyl (C=O) groups is 1. The van der Waals surface area contributed by atoms with Crippen LogP contribution >= 0.6 is 0 Å². The van der Waals surface area contributed by atoms with E-state index in [0.29, 0.717) is 22.9 Å². The summed E-state index contributed by atoms with van der Waals surface area (Å²) < 4.78 is 27.9. The Labute approximate surface area is 210 Å². The molecule has 0 atom stereocenters. The van der Waals surface area contributed by atoms with Gasteiger partial charge >= 0.3 is 0 Å². The lowest BCUT2D eigenvalue weighted by Gasteiger charge is -2.14. The van der Waals surface area contributed by atoms with Crippen molar-refractivity contribution in [1.29, 1.82) is 0 Å². The van der Waals surface area contributed by atoms with Crippen LogP contribution < -0.4 is 24.3 Å². The zero-order chi connectivity index (χ0) is 25.8. The number of allylic oxidation sites excluding steroid dienone is 1. The molecule has 0 aliphatic rings. The third kappa shape index (κ3) is 4.60. The normalized spacial score (nSPS) is 11.3. The van der Waals surface area contributed by atoms with Crippen molar-refractivity contribution in [3.8, 4) is 34.1 Å². The Hall–Kier alpha value is -4.39. The van der Waals surface area contributed by atoms with Crippen molar-refractivity contribution in [2.45, 2.75) is 13.8 Å². The molecule has 0 unspecified atom stereocenters. The van der Waals surface area contributed by atoms with Crippen LogP contribution in [0.1, 0.15) is 18.1 Å². The summed E-state index contributed by atoms with van der Waals surface area (Å²) in [5.74, 6) is 2.22. The van der Waals surface area contributed by atoms with E-state index in [2.05, 4.69) is 5.32 Å². The number of nitrogens with one attached hydrogen (secondary N) is 1. The fourth-order valence-electron chi connectivity index (χ4n) is 4.30. The summed E-state index contributed by atoms with van der Waals surface area (Å²) in [6.45, 7) is 3.81. The lowest BCUT2D eigenvalue weighted by atomic mass is 9.96. The number of methoxy groups -OCH3 is 4. The van der Waals surface area contributed by atoms with Crippen LogP contribution in [-0.2, 0) is 4.79 Å². The predicted molar refractivity (Wildman–Crippen MR) is 141 cm³/mol. The first kappa shape index (κ1) is 24.7. The molecule has 0 radical (unpaired) electrons. The van der Waals surface area contributed by atoms with E-state index in [9.17, 15) is 4.79 Å². The van der Waals surface area contributed by atoms with Crippen molar-refractivity contribution in [2.75, 3.05) is 33.8 Å². The highest BCUT2D eigenvalue weighted by Crippen LogP contribution is 2.42. The minimum absolute atomic E-state index is 0.309. The molecule has 0 fully saturated rings. The number of anilines is 1. The fraction of sp³-hybridized carbons (Fsp3) is 0.207. The van der Waals surface area contributed by atoms with Gasteiger partial charge in [-0.2, -0.15) is 0 Å². The monoisotopic (exact) mass is 487 g/mol. The minimum Gasteiger partial charge on any atom is -0.497 e. The van der Waals surface area contributed by atoms with Gasteiger partial charge in [0.05, 0.1) is 40.4 Å². The maximum absolute atomic E-state index is 13.0. The lowest BCUT2D eigenvalue weighted by Crippen LogP contribution is -2.10. The fourth-order valence-corrected chi connectivity index (χ4v) is 4.30. The summed E-state index contributed by atoms with van der Waals surface area (Å²) in [6, 6.07) is 15.0. The molecule has 1 heterocycles. The van der Waals surface area contributed by atoms with Gasteiger partial charge in [-0.3, -0.25) is 4.79 Å². The zero-order valence-corrected chi connectivity index (χ0v) is 21.2. The number of hydrogen-bond acceptors (Lipinski definition) is 6. The van der Waals surface area contributed by atoms with Gasteiger partial charge in [-0.25, -0.2) is 0 Å². The molecule has 0 spiro atoms. The molecule has 1 N–H and O–H groups in total. The van der Waals surface area contributed by atoms with Gasteiger partial charge in [0.25, 0.3) is 0 Å². The van der Waals surface area contributed by atoms with Gasteiger partial charge < -0.3 is 28.7 Å². The average Bonchev–Trinajstić information content (AvgIpc) is 3.32. The molecule has 0 saturated heterocycles. The van der Waals surface area contributed by atoms with Gasteiger partial charge in [0, 0.05) is 39.8 Å². The predicted octanol–water partition coefficient (Wildman–Crippen LogP) is 6.48. The number of fused-ring (bicyclic) bond motifs is 1. The lowest BCUT2D eigenvalue weighted by molar-refractivity contribution is -0.111. The quantitative estimate of drug-likeness (QED) is 0.286. The Bertz CT molecular complexity index is 1450. The van der Waals surface area contributed by atoms with Crippen molar-refractivity contribution in [3.63, 3.8) is 0 Å². The highest BCUT2D eigenvalue weighted by molar-refractivity contribution is 6.06. The topological polar surface area (TPSA) is 79.2 Å². The van der Waals surface area contributed by atoms with Crippen LogP contribution in [0.15, 0.2) is 65.3 Å². The summed E-state index contributed by atoms with van der Waals surface area (Å²) in [7, 11) is 6.36. The van der Waals surface area contributed by atoms with E-state index in [1.165, 1.54) is 6.08 Å². The van der Waals surface area contributed by atoms with E-state index in [1.54, 1.807) is 52.9 Å². The standard InChI is InChI=1S/C29H29NO6/c1-17(13-27(31)30-24-14-19(32-3)11-12-26(24)34-5)21-15-22-23(20-9-7-8-10-25(20)33-4)16-36-29(22)18(2)28(21)35-6/h7-16H,1-6H3,(H,30,31)/b17-13+. The van der Waals surface area contributed by atoms with Crippen LogP contribution in [0.25, 0.3) is 27.7 Å². The van der Waals surface area contributed by atoms with Crippen LogP contribution in [0.2, 0.25) is 0 Å². The Balaban J connectivity index is 1.77. The molecule has 0 aliphatic carbocycles. The number of para-hydroxylation sites is 1. The number of aryl methyl sites for hydroxylation is 1. The van der Waals surface area contributed by atoms with Gasteiger partial charge in [0.1, 0.15) is 28.6 Å². The number of benzene rings is 3. The SMILES string of the molecule is COc1ccc(OC)c(NC(=O)/C=C(\C)c2cc3c(-c4ccccc4OC)coc3c(C)c2OC)c1. The first-order chi connectivity index (χ1) is 17.4. The number of carbonyl (C=O) groups excluding carboxylic acids is 1. The number of rotatable bonds is 8. The van der Waals surface area contributed by atoms with Crippen molar-refractivity contribution in [3.05, 3.63) is 72.0 Å². The van der Waals surface area contributed by atoms with Crippen molar-refractivity contribution < 1.29 is 28.2 Å². The molecular formula is C29H29NO6. The number of amides is 1. The van der Waals surface area contributed by atoms with Gasteiger partial charge in [0.2, 0.25) is 5.91 Å². The van der Waals surface area contributed by atoms with Crippen LogP contribution in [0.3, 0.4) is 0 Å². The zero-order valence-electron chi connectivity index (χ0n) is 21.2. The van der Waals surface area contributed by atoms with E-state index in [1.807, 2.05) is 44.2 Å². The molecular weight excluding hydrogens is 458 g/mol. The summed E-state index contributed by atoms with van der Waals surface area (Å²) in [5.41, 5.74) is 5.39. The first-order valence-corrected chi connectivity index (χ1v) is 11.4. The molecule has 3 aromatic carbocycles. The molecule has 36 heavy (non-hydrogen) atoms. The molecule has 7 nitrogen and oxygen atoms in total. The Morgan fingerprint density at radius 2 is 1.64 bits per heavy atom. The van der Waals surface area contributed by atoms with Crippen LogP contribution in [0.4, 0.5) is 5.69 Å². The largest absolute Gasteiger partial charge is 0.497 e. The van der Waals surface area contributed by atoms with E-state index >= 15 is 0 Å². The van der Waals surface area contributed by atoms with Gasteiger partial charge in [-0.05, 0) is 43.7 Å². The Morgan fingerprint density at radius 3 is 2.33 bits per heavy atom. The van der Waals surface area contributed by atoms with Gasteiger partial charge in [-0.15, -0.1) is 0 Å². The Kier molecular flexibility index (Phi) is 7.20. The second-order valence-electron chi connectivity index (χ2n) is 8.19. The molecule has 1 aromatic heterocycles. The smallest absolute Gasteiger partial charge is 0.248 e. The summed E-state index contributed by atoms with van der Waals surface area (Å²) >= 11 is 0. The number of furan rings is 1. The summed E-state index contributed by atoms with van der Waals surface area (Å²) in [5, 5.41) is 3.78. The summed E-state index contributed by atoms with van der Waals surface area (Å²) in [4.78, 5) is 13.0. The average molecular weight is 488 g/mol. The molecule has 4 aromatic rings. The van der Waals surface area contributed by atoms with E-state index in [4.69, 9.17) is 23.4 Å². The van der Waals surface area contributed by atoms with Gasteiger partial charge in [-0.1, -0.05) is 18.2 Å². The highest BCUT2D eigenvalue weighted by Gasteiger charge is 2.20. The van der Waals surface area contributed by atoms with Crippen LogP contribution in [-0.4, -0.2) is 34.3 Å². The second kappa shape index (κ2) is 10.5. The number of ether oxygens (including phenoxy) is 4. The van der Waals surface area contributed by atoms with Crippen molar-refractivity contribution in [2.24, 2.45) is 0 Å². The van der Waals surface area contributed by atoms with Crippen LogP contribution in [0.5, 0.6) is 23.0 Å². The summed E-state index contributed by atoms with van der Waals surface area (Å²) in [6.07, 6.45) is 3.25. The second-order valence-corrected chi connectivity index (χ2v) is 8.19. The van der Waals surface area contributed by atoms with E-state index < -0.39 is 0 Å². The third-order valence-corrected chi connectivity index (χ3v) is 6.08. The third-order valence-electron chi connectivity index (χ3n) is 6.08. The molecule has 0 saturated carbocycles. The molecule has 0 bridgehead atoms. The maximum atomic E-state index is 13.0. The first-order valence-electron chi connectivity index (χ1n) is 11.4. The molecule has 7 heteroatoms. The maximum Gasteiger partial charge on any atom is 0.248 e. The minimum atomic E-state index is -0.309. The van der Waals surface area contributed by atoms with Crippen molar-refractivity contribution >= 4 is 28.1 Å². The molecule has 4 rings (SSSR count). The Morgan fingerprint density at radius 1 is 0.889 bits per heavy atom. The molecule has 186 valence electrons. The van der Waals surface area contributed by atoms with Crippen LogP contribution in [0, 0.1) is 6.92 Å². The van der Waals surface area contributed by atoms with E-state index in [0.717, 1.165) is 44.5 Å². The van der Waals surface area contributed by atoms with E-state index in [-0.39, 0.29) is 5.91 Å².